The van der Waals surface area contributed by atoms with Crippen LogP contribution in [-0.2, 0) is 4.84 Å². The van der Waals surface area contributed by atoms with E-state index >= 15 is 0 Å². The number of halogens is 4. The zero-order valence-corrected chi connectivity index (χ0v) is 6.90. The Morgan fingerprint density at radius 1 is 1.23 bits per heavy atom. The molecule has 0 bridgehead atoms. The van der Waals surface area contributed by atoms with Gasteiger partial charge in [0.2, 0.25) is 5.67 Å². The van der Waals surface area contributed by atoms with Crippen LogP contribution in [0.5, 0.6) is 0 Å². The molecule has 1 aliphatic carbocycles. The minimum atomic E-state index is -4.77. The third-order valence-corrected chi connectivity index (χ3v) is 2.43. The SMILES string of the molecule is NOC1CCC(F)(C(F)(F)F)CC1. The first-order valence-corrected chi connectivity index (χ1v) is 4.00. The summed E-state index contributed by atoms with van der Waals surface area (Å²) in [5, 5.41) is 0. The van der Waals surface area contributed by atoms with E-state index in [9.17, 15) is 17.6 Å². The average molecular weight is 201 g/mol. The molecule has 0 aromatic rings. The van der Waals surface area contributed by atoms with Crippen molar-refractivity contribution < 1.29 is 22.4 Å². The van der Waals surface area contributed by atoms with Crippen LogP contribution in [0.4, 0.5) is 17.6 Å². The van der Waals surface area contributed by atoms with Gasteiger partial charge in [-0.3, -0.25) is 0 Å². The molecule has 1 fully saturated rings. The topological polar surface area (TPSA) is 35.2 Å². The molecule has 0 spiro atoms. The van der Waals surface area contributed by atoms with Crippen molar-refractivity contribution in [3.8, 4) is 0 Å². The van der Waals surface area contributed by atoms with Crippen LogP contribution in [-0.4, -0.2) is 17.9 Å². The highest BCUT2D eigenvalue weighted by Gasteiger charge is 2.56. The number of rotatable bonds is 1. The molecule has 13 heavy (non-hydrogen) atoms. The van der Waals surface area contributed by atoms with Gasteiger partial charge in [0.15, 0.2) is 0 Å². The van der Waals surface area contributed by atoms with Crippen LogP contribution in [0, 0.1) is 0 Å². The molecule has 0 heterocycles. The summed E-state index contributed by atoms with van der Waals surface area (Å²) in [4.78, 5) is 4.36. The van der Waals surface area contributed by atoms with Gasteiger partial charge in [0, 0.05) is 0 Å². The van der Waals surface area contributed by atoms with E-state index in [-0.39, 0.29) is 12.8 Å². The lowest BCUT2D eigenvalue weighted by atomic mass is 9.84. The summed E-state index contributed by atoms with van der Waals surface area (Å²) < 4.78 is 49.5. The second-order valence-corrected chi connectivity index (χ2v) is 3.30. The quantitative estimate of drug-likeness (QED) is 0.520. The van der Waals surface area contributed by atoms with E-state index in [0.29, 0.717) is 0 Å². The lowest BCUT2D eigenvalue weighted by Crippen LogP contribution is -2.45. The van der Waals surface area contributed by atoms with E-state index < -0.39 is 30.8 Å². The van der Waals surface area contributed by atoms with E-state index in [2.05, 4.69) is 4.84 Å². The van der Waals surface area contributed by atoms with Crippen molar-refractivity contribution >= 4 is 0 Å². The van der Waals surface area contributed by atoms with Crippen molar-refractivity contribution in [2.75, 3.05) is 0 Å². The molecule has 1 saturated carbocycles. The van der Waals surface area contributed by atoms with Gasteiger partial charge in [0.05, 0.1) is 6.10 Å². The highest BCUT2D eigenvalue weighted by Crippen LogP contribution is 2.44. The molecule has 0 aliphatic heterocycles. The fraction of sp³-hybridized carbons (Fsp3) is 1.00. The molecule has 2 nitrogen and oxygen atoms in total. The summed E-state index contributed by atoms with van der Waals surface area (Å²) in [6, 6.07) is 0. The number of hydrogen-bond donors (Lipinski definition) is 1. The lowest BCUT2D eigenvalue weighted by Gasteiger charge is -2.34. The Balaban J connectivity index is 2.57. The lowest BCUT2D eigenvalue weighted by molar-refractivity contribution is -0.245. The summed E-state index contributed by atoms with van der Waals surface area (Å²) >= 11 is 0. The summed E-state index contributed by atoms with van der Waals surface area (Å²) in [5.74, 6) is 4.80. The standard InChI is InChI=1S/C7H11F4NO/c8-6(7(9,10)11)3-1-5(13-12)2-4-6/h5H,1-4,12H2. The Labute approximate surface area is 73.0 Å². The Morgan fingerprint density at radius 2 is 1.69 bits per heavy atom. The molecule has 0 unspecified atom stereocenters. The summed E-state index contributed by atoms with van der Waals surface area (Å²) in [6.45, 7) is 0. The number of hydrogen-bond acceptors (Lipinski definition) is 2. The van der Waals surface area contributed by atoms with Gasteiger partial charge in [0.1, 0.15) is 0 Å². The molecule has 6 heteroatoms. The first-order valence-electron chi connectivity index (χ1n) is 4.00. The maximum absolute atomic E-state index is 13.2. The third kappa shape index (κ3) is 2.11. The molecule has 0 aromatic heterocycles. The second-order valence-electron chi connectivity index (χ2n) is 3.30. The molecule has 1 aliphatic rings. The van der Waals surface area contributed by atoms with Gasteiger partial charge in [0.25, 0.3) is 0 Å². The third-order valence-electron chi connectivity index (χ3n) is 2.43. The van der Waals surface area contributed by atoms with Gasteiger partial charge in [-0.05, 0) is 25.7 Å². The van der Waals surface area contributed by atoms with E-state index in [1.165, 1.54) is 0 Å². The van der Waals surface area contributed by atoms with Crippen molar-refractivity contribution in [2.24, 2.45) is 5.90 Å². The zero-order chi connectivity index (χ0) is 10.1. The van der Waals surface area contributed by atoms with Crippen LogP contribution in [0.3, 0.4) is 0 Å². The monoisotopic (exact) mass is 201 g/mol. The van der Waals surface area contributed by atoms with E-state index in [4.69, 9.17) is 5.90 Å². The van der Waals surface area contributed by atoms with Gasteiger partial charge in [-0.1, -0.05) is 0 Å². The normalized spacial score (nSPS) is 36.2. The Kier molecular flexibility index (Phi) is 2.82. The molecule has 0 radical (unpaired) electrons. The van der Waals surface area contributed by atoms with Crippen LogP contribution >= 0.6 is 0 Å². The molecule has 1 rings (SSSR count). The predicted octanol–water partition coefficient (Wildman–Crippen LogP) is 2.09. The maximum atomic E-state index is 13.2. The van der Waals surface area contributed by atoms with Crippen molar-refractivity contribution in [2.45, 2.75) is 43.6 Å². The van der Waals surface area contributed by atoms with E-state index in [0.717, 1.165) is 0 Å². The molecule has 2 N–H and O–H groups in total. The molecule has 0 saturated heterocycles. The largest absolute Gasteiger partial charge is 0.422 e. The fourth-order valence-electron chi connectivity index (χ4n) is 1.47. The molecule has 78 valence electrons. The van der Waals surface area contributed by atoms with E-state index in [1.807, 2.05) is 0 Å². The van der Waals surface area contributed by atoms with Crippen molar-refractivity contribution in [1.29, 1.82) is 0 Å². The van der Waals surface area contributed by atoms with Crippen LogP contribution in [0.15, 0.2) is 0 Å². The van der Waals surface area contributed by atoms with Crippen LogP contribution in [0.1, 0.15) is 25.7 Å². The van der Waals surface area contributed by atoms with Crippen LogP contribution in [0.2, 0.25) is 0 Å². The summed E-state index contributed by atoms with van der Waals surface area (Å²) in [5.41, 5.74) is -3.04. The number of nitrogens with two attached hydrogens (primary N) is 1. The van der Waals surface area contributed by atoms with E-state index in [1.54, 1.807) is 0 Å². The average Bonchev–Trinajstić information content (AvgIpc) is 2.04. The van der Waals surface area contributed by atoms with Crippen molar-refractivity contribution in [3.05, 3.63) is 0 Å². The molecule has 0 aromatic carbocycles. The minimum absolute atomic E-state index is 0.0203. The van der Waals surface area contributed by atoms with Crippen LogP contribution < -0.4 is 5.90 Å². The molecule has 0 atom stereocenters. The first kappa shape index (κ1) is 10.7. The van der Waals surface area contributed by atoms with Gasteiger partial charge in [-0.15, -0.1) is 0 Å². The van der Waals surface area contributed by atoms with Gasteiger partial charge in [-0.2, -0.15) is 13.2 Å². The minimum Gasteiger partial charge on any atom is -0.301 e. The maximum Gasteiger partial charge on any atom is 0.422 e. The van der Waals surface area contributed by atoms with Gasteiger partial charge >= 0.3 is 6.18 Å². The summed E-state index contributed by atoms with van der Waals surface area (Å²) in [6.07, 6.45) is -6.28. The summed E-state index contributed by atoms with van der Waals surface area (Å²) in [7, 11) is 0. The molecule has 0 amide bonds. The molecular weight excluding hydrogens is 190 g/mol. The molecular formula is C7H11F4NO. The highest BCUT2D eigenvalue weighted by molar-refractivity contribution is 4.92. The van der Waals surface area contributed by atoms with Crippen molar-refractivity contribution in [1.82, 2.24) is 0 Å². The smallest absolute Gasteiger partial charge is 0.301 e. The highest BCUT2D eigenvalue weighted by atomic mass is 19.4. The Bertz CT molecular complexity index is 174. The Morgan fingerprint density at radius 3 is 2.00 bits per heavy atom. The zero-order valence-electron chi connectivity index (χ0n) is 6.90. The fourth-order valence-corrected chi connectivity index (χ4v) is 1.47. The van der Waals surface area contributed by atoms with Crippen molar-refractivity contribution in [3.63, 3.8) is 0 Å². The van der Waals surface area contributed by atoms with Gasteiger partial charge in [-0.25, -0.2) is 10.3 Å². The Hall–Kier alpha value is -0.360. The number of alkyl halides is 4. The second kappa shape index (κ2) is 3.42. The van der Waals surface area contributed by atoms with Crippen LogP contribution in [0.25, 0.3) is 0 Å². The first-order chi connectivity index (χ1) is 5.89. The predicted molar refractivity (Wildman–Crippen MR) is 37.4 cm³/mol. The van der Waals surface area contributed by atoms with Gasteiger partial charge < -0.3 is 4.84 Å².